The van der Waals surface area contributed by atoms with E-state index in [1.54, 1.807) is 0 Å². The molecule has 0 aliphatic carbocycles. The average molecular weight is 345 g/mol. The zero-order chi connectivity index (χ0) is 18.4. The lowest BCUT2D eigenvalue weighted by Gasteiger charge is -2.25. The van der Waals surface area contributed by atoms with E-state index in [4.69, 9.17) is 0 Å². The molecule has 0 bridgehead atoms. The first-order valence-electron chi connectivity index (χ1n) is 8.65. The highest BCUT2D eigenvalue weighted by Crippen LogP contribution is 2.19. The van der Waals surface area contributed by atoms with Crippen molar-refractivity contribution in [2.75, 3.05) is 6.61 Å². The summed E-state index contributed by atoms with van der Waals surface area (Å²) in [5, 5.41) is 15.9. The van der Waals surface area contributed by atoms with Crippen molar-refractivity contribution in [1.82, 2.24) is 15.6 Å². The van der Waals surface area contributed by atoms with E-state index in [2.05, 4.69) is 15.6 Å². The summed E-state index contributed by atoms with van der Waals surface area (Å²) in [5.74, 6) is -0.280. The fourth-order valence-corrected chi connectivity index (χ4v) is 2.97. The summed E-state index contributed by atoms with van der Waals surface area (Å²) in [4.78, 5) is 27.5. The topological polar surface area (TPSA) is 94.2 Å². The van der Waals surface area contributed by atoms with Gasteiger partial charge in [-0.05, 0) is 24.0 Å². The molecule has 0 saturated heterocycles. The fraction of sp³-hybridized carbons (Fsp3) is 0.474. The number of H-pyrrole nitrogens is 1. The number of aromatic amines is 1. The van der Waals surface area contributed by atoms with E-state index in [0.717, 1.165) is 16.5 Å². The van der Waals surface area contributed by atoms with E-state index >= 15 is 0 Å². The molecule has 2 unspecified atom stereocenters. The Hall–Kier alpha value is -2.34. The van der Waals surface area contributed by atoms with Crippen molar-refractivity contribution in [2.24, 2.45) is 5.92 Å². The molecule has 25 heavy (non-hydrogen) atoms. The van der Waals surface area contributed by atoms with Crippen LogP contribution in [0.25, 0.3) is 10.9 Å². The van der Waals surface area contributed by atoms with Gasteiger partial charge in [0, 0.05) is 43.1 Å². The number of fused-ring (bicyclic) bond motifs is 1. The van der Waals surface area contributed by atoms with Crippen molar-refractivity contribution >= 4 is 22.7 Å². The number of amides is 2. The van der Waals surface area contributed by atoms with E-state index in [9.17, 15) is 14.7 Å². The van der Waals surface area contributed by atoms with Crippen molar-refractivity contribution in [3.05, 3.63) is 36.0 Å². The van der Waals surface area contributed by atoms with Gasteiger partial charge < -0.3 is 20.7 Å². The molecule has 0 saturated carbocycles. The van der Waals surface area contributed by atoms with E-state index in [-0.39, 0.29) is 30.4 Å². The summed E-state index contributed by atoms with van der Waals surface area (Å²) in [6.07, 6.45) is 2.77. The Morgan fingerprint density at radius 1 is 1.20 bits per heavy atom. The molecule has 136 valence electrons. The maximum absolute atomic E-state index is 12.7. The molecule has 6 nitrogen and oxygen atoms in total. The molecular formula is C19H27N3O3. The van der Waals surface area contributed by atoms with Crippen LogP contribution < -0.4 is 10.6 Å². The molecule has 1 heterocycles. The predicted molar refractivity (Wildman–Crippen MR) is 98.1 cm³/mol. The normalized spacial score (nSPS) is 13.6. The molecule has 2 aromatic rings. The second kappa shape index (κ2) is 8.67. The van der Waals surface area contributed by atoms with E-state index < -0.39 is 6.04 Å². The van der Waals surface area contributed by atoms with Crippen LogP contribution in [-0.4, -0.2) is 40.6 Å². The monoisotopic (exact) mass is 345 g/mol. The molecule has 4 N–H and O–H groups in total. The van der Waals surface area contributed by atoms with Crippen LogP contribution in [0.15, 0.2) is 30.5 Å². The van der Waals surface area contributed by atoms with Gasteiger partial charge in [0.1, 0.15) is 6.04 Å². The third kappa shape index (κ3) is 5.06. The van der Waals surface area contributed by atoms with Gasteiger partial charge in [0.05, 0.1) is 0 Å². The molecule has 2 rings (SSSR count). The maximum atomic E-state index is 12.7. The lowest BCUT2D eigenvalue weighted by Crippen LogP contribution is -2.51. The van der Waals surface area contributed by atoms with Crippen LogP contribution >= 0.6 is 0 Å². The Balaban J connectivity index is 2.17. The van der Waals surface area contributed by atoms with Gasteiger partial charge in [0.25, 0.3) is 0 Å². The number of aliphatic hydroxyl groups is 1. The van der Waals surface area contributed by atoms with Gasteiger partial charge in [-0.3, -0.25) is 9.59 Å². The third-order valence-corrected chi connectivity index (χ3v) is 4.37. The Morgan fingerprint density at radius 2 is 1.92 bits per heavy atom. The first-order chi connectivity index (χ1) is 11.9. The molecular weight excluding hydrogens is 318 g/mol. The number of rotatable bonds is 8. The van der Waals surface area contributed by atoms with Crippen LogP contribution in [0.5, 0.6) is 0 Å². The third-order valence-electron chi connectivity index (χ3n) is 4.37. The van der Waals surface area contributed by atoms with E-state index in [1.165, 1.54) is 6.92 Å². The minimum absolute atomic E-state index is 0.0103. The van der Waals surface area contributed by atoms with Gasteiger partial charge in [-0.1, -0.05) is 32.0 Å². The number of benzene rings is 1. The second-order valence-corrected chi connectivity index (χ2v) is 6.69. The number of hydrogen-bond acceptors (Lipinski definition) is 3. The van der Waals surface area contributed by atoms with Gasteiger partial charge in [0.15, 0.2) is 0 Å². The van der Waals surface area contributed by atoms with Crippen LogP contribution in [0.2, 0.25) is 0 Å². The molecule has 6 heteroatoms. The minimum atomic E-state index is -0.656. The van der Waals surface area contributed by atoms with Crippen molar-refractivity contribution in [3.8, 4) is 0 Å². The van der Waals surface area contributed by atoms with E-state index in [1.807, 2.05) is 44.3 Å². The number of carbonyl (C=O) groups is 2. The van der Waals surface area contributed by atoms with Crippen LogP contribution in [0.4, 0.5) is 0 Å². The Bertz CT molecular complexity index is 724. The molecule has 2 atom stereocenters. The molecule has 0 fully saturated rings. The highest BCUT2D eigenvalue weighted by molar-refractivity contribution is 5.89. The highest BCUT2D eigenvalue weighted by atomic mass is 16.3. The van der Waals surface area contributed by atoms with Crippen LogP contribution in [0, 0.1) is 5.92 Å². The van der Waals surface area contributed by atoms with E-state index in [0.29, 0.717) is 12.8 Å². The Labute approximate surface area is 148 Å². The number of aliphatic hydroxyl groups excluding tert-OH is 1. The zero-order valence-corrected chi connectivity index (χ0v) is 15.0. The zero-order valence-electron chi connectivity index (χ0n) is 15.0. The van der Waals surface area contributed by atoms with Gasteiger partial charge in [-0.2, -0.15) is 0 Å². The molecule has 0 radical (unpaired) electrons. The summed E-state index contributed by atoms with van der Waals surface area (Å²) in [6, 6.07) is 7.08. The lowest BCUT2D eigenvalue weighted by molar-refractivity contribution is -0.128. The number of hydrogen-bond donors (Lipinski definition) is 4. The molecule has 2 amide bonds. The quantitative estimate of drug-likeness (QED) is 0.587. The molecule has 0 spiro atoms. The Morgan fingerprint density at radius 3 is 2.56 bits per heavy atom. The largest absolute Gasteiger partial charge is 0.396 e. The summed E-state index contributed by atoms with van der Waals surface area (Å²) >= 11 is 0. The Kier molecular flexibility index (Phi) is 6.58. The van der Waals surface area contributed by atoms with Gasteiger partial charge in [-0.25, -0.2) is 0 Å². The number of carbonyl (C=O) groups excluding carboxylic acids is 2. The summed E-state index contributed by atoms with van der Waals surface area (Å²) in [5.41, 5.74) is 1.98. The second-order valence-electron chi connectivity index (χ2n) is 6.69. The fourth-order valence-electron chi connectivity index (χ4n) is 2.97. The number of para-hydroxylation sites is 1. The van der Waals surface area contributed by atoms with Gasteiger partial charge >= 0.3 is 0 Å². The maximum Gasteiger partial charge on any atom is 0.243 e. The molecule has 0 aliphatic rings. The average Bonchev–Trinajstić information content (AvgIpc) is 2.96. The van der Waals surface area contributed by atoms with Gasteiger partial charge in [-0.15, -0.1) is 0 Å². The van der Waals surface area contributed by atoms with Crippen LogP contribution in [-0.2, 0) is 16.0 Å². The number of aromatic nitrogens is 1. The standard InChI is InChI=1S/C19H27N3O3/c1-12(2)16(8-9-23)22-19(25)18(21-13(3)24)10-14-11-20-17-7-5-4-6-15(14)17/h4-7,11-12,16,18,20,23H,8-10H2,1-3H3,(H,21,24)(H,22,25). The molecule has 0 aliphatic heterocycles. The summed E-state index contributed by atoms with van der Waals surface area (Å²) < 4.78 is 0. The van der Waals surface area contributed by atoms with Gasteiger partial charge in [0.2, 0.25) is 11.8 Å². The van der Waals surface area contributed by atoms with Crippen molar-refractivity contribution < 1.29 is 14.7 Å². The molecule has 1 aromatic heterocycles. The summed E-state index contributed by atoms with van der Waals surface area (Å²) in [6.45, 7) is 5.40. The highest BCUT2D eigenvalue weighted by Gasteiger charge is 2.24. The van der Waals surface area contributed by atoms with Crippen LogP contribution in [0.3, 0.4) is 0 Å². The first-order valence-corrected chi connectivity index (χ1v) is 8.65. The van der Waals surface area contributed by atoms with Crippen molar-refractivity contribution in [1.29, 1.82) is 0 Å². The number of nitrogens with one attached hydrogen (secondary N) is 3. The van der Waals surface area contributed by atoms with Crippen molar-refractivity contribution in [2.45, 2.75) is 45.7 Å². The van der Waals surface area contributed by atoms with Crippen molar-refractivity contribution in [3.63, 3.8) is 0 Å². The lowest BCUT2D eigenvalue weighted by atomic mass is 9.99. The smallest absolute Gasteiger partial charge is 0.243 e. The predicted octanol–water partition coefficient (Wildman–Crippen LogP) is 1.74. The first kappa shape index (κ1) is 19.0. The van der Waals surface area contributed by atoms with Crippen LogP contribution in [0.1, 0.15) is 32.8 Å². The minimum Gasteiger partial charge on any atom is -0.396 e. The molecule has 1 aromatic carbocycles. The SMILES string of the molecule is CC(=O)NC(Cc1c[nH]c2ccccc12)C(=O)NC(CCO)C(C)C. The summed E-state index contributed by atoms with van der Waals surface area (Å²) in [7, 11) is 0.